The molecule has 3 N–H and O–H groups in total. The van der Waals surface area contributed by atoms with E-state index in [0.29, 0.717) is 0 Å². The van der Waals surface area contributed by atoms with Crippen LogP contribution in [0.25, 0.3) is 0 Å². The third-order valence-corrected chi connectivity index (χ3v) is 4.50. The summed E-state index contributed by atoms with van der Waals surface area (Å²) in [5.74, 6) is 0.916. The van der Waals surface area contributed by atoms with Gasteiger partial charge in [-0.3, -0.25) is 4.79 Å². The highest BCUT2D eigenvalue weighted by atomic mass is 32.2. The summed E-state index contributed by atoms with van der Waals surface area (Å²) in [7, 11) is 0. The van der Waals surface area contributed by atoms with E-state index in [1.54, 1.807) is 11.8 Å². The molecule has 1 unspecified atom stereocenters. The van der Waals surface area contributed by atoms with E-state index in [9.17, 15) is 4.79 Å². The van der Waals surface area contributed by atoms with E-state index in [2.05, 4.69) is 34.5 Å². The zero-order valence-corrected chi connectivity index (χ0v) is 13.4. The van der Waals surface area contributed by atoms with Crippen LogP contribution in [0.1, 0.15) is 19.3 Å². The van der Waals surface area contributed by atoms with Crippen molar-refractivity contribution in [1.82, 2.24) is 5.32 Å². The summed E-state index contributed by atoms with van der Waals surface area (Å²) in [5.41, 5.74) is 7.15. The number of carbonyl (C=O) groups is 1. The van der Waals surface area contributed by atoms with Crippen molar-refractivity contribution in [2.24, 2.45) is 5.73 Å². The van der Waals surface area contributed by atoms with Gasteiger partial charge in [-0.15, -0.1) is 0 Å². The van der Waals surface area contributed by atoms with Crippen molar-refractivity contribution in [3.05, 3.63) is 30.3 Å². The van der Waals surface area contributed by atoms with Crippen LogP contribution in [0.2, 0.25) is 0 Å². The summed E-state index contributed by atoms with van der Waals surface area (Å²) < 4.78 is 0. The standard InChI is InChI=1S/C16H25N3OS/c1-21-11-9-15(17)16(20)18-13-6-5-10-19(12-13)14-7-3-2-4-8-14/h2-4,7-8,13,15H,5-6,9-12,17H2,1H3,(H,18,20)/t13?,15-/m0/s1. The summed E-state index contributed by atoms with van der Waals surface area (Å²) in [4.78, 5) is 14.4. The van der Waals surface area contributed by atoms with Crippen LogP contribution in [-0.4, -0.2) is 43.1 Å². The molecule has 0 aliphatic carbocycles. The molecule has 21 heavy (non-hydrogen) atoms. The van der Waals surface area contributed by atoms with E-state index >= 15 is 0 Å². The van der Waals surface area contributed by atoms with Crippen molar-refractivity contribution in [3.63, 3.8) is 0 Å². The molecule has 1 fully saturated rings. The van der Waals surface area contributed by atoms with Gasteiger partial charge in [0.15, 0.2) is 0 Å². The first-order valence-electron chi connectivity index (χ1n) is 7.55. The Morgan fingerprint density at radius 3 is 2.95 bits per heavy atom. The maximum absolute atomic E-state index is 12.1. The molecule has 5 heteroatoms. The fourth-order valence-electron chi connectivity index (χ4n) is 2.65. The number of anilines is 1. The number of nitrogens with one attached hydrogen (secondary N) is 1. The fraction of sp³-hybridized carbons (Fsp3) is 0.562. The first-order valence-corrected chi connectivity index (χ1v) is 8.95. The van der Waals surface area contributed by atoms with Crippen LogP contribution in [-0.2, 0) is 4.79 Å². The maximum atomic E-state index is 12.1. The average Bonchev–Trinajstić information content (AvgIpc) is 2.53. The normalized spacial score (nSPS) is 20.1. The van der Waals surface area contributed by atoms with Crippen LogP contribution < -0.4 is 16.0 Å². The zero-order chi connectivity index (χ0) is 15.1. The summed E-state index contributed by atoms with van der Waals surface area (Å²) in [6, 6.07) is 10.2. The van der Waals surface area contributed by atoms with E-state index < -0.39 is 0 Å². The summed E-state index contributed by atoms with van der Waals surface area (Å²) in [5, 5.41) is 3.11. The Morgan fingerprint density at radius 1 is 1.48 bits per heavy atom. The monoisotopic (exact) mass is 307 g/mol. The number of piperidine rings is 1. The molecule has 1 aliphatic rings. The predicted molar refractivity (Wildman–Crippen MR) is 90.8 cm³/mol. The van der Waals surface area contributed by atoms with Crippen LogP contribution in [0.15, 0.2) is 30.3 Å². The van der Waals surface area contributed by atoms with Gasteiger partial charge in [-0.1, -0.05) is 18.2 Å². The molecule has 2 atom stereocenters. The second-order valence-electron chi connectivity index (χ2n) is 5.52. The van der Waals surface area contributed by atoms with Crippen molar-refractivity contribution in [1.29, 1.82) is 0 Å². The van der Waals surface area contributed by atoms with Gasteiger partial charge in [0.05, 0.1) is 6.04 Å². The highest BCUT2D eigenvalue weighted by Gasteiger charge is 2.23. The van der Waals surface area contributed by atoms with Gasteiger partial charge in [0, 0.05) is 24.8 Å². The number of nitrogens with zero attached hydrogens (tertiary/aromatic N) is 1. The smallest absolute Gasteiger partial charge is 0.237 e. The molecule has 0 aromatic heterocycles. The molecule has 1 aromatic carbocycles. The molecular formula is C16H25N3OS. The Balaban J connectivity index is 1.85. The van der Waals surface area contributed by atoms with Crippen LogP contribution in [0.4, 0.5) is 5.69 Å². The molecule has 116 valence electrons. The Hall–Kier alpha value is -1.20. The SMILES string of the molecule is CSCC[C@H](N)C(=O)NC1CCCN(c2ccccc2)C1. The van der Waals surface area contributed by atoms with E-state index in [-0.39, 0.29) is 18.0 Å². The zero-order valence-electron chi connectivity index (χ0n) is 12.6. The van der Waals surface area contributed by atoms with Gasteiger partial charge < -0.3 is 16.0 Å². The van der Waals surface area contributed by atoms with Crippen molar-refractivity contribution in [2.45, 2.75) is 31.3 Å². The summed E-state index contributed by atoms with van der Waals surface area (Å²) in [6.07, 6.45) is 4.90. The molecule has 0 bridgehead atoms. The molecule has 2 rings (SSSR count). The van der Waals surface area contributed by atoms with E-state index in [1.165, 1.54) is 5.69 Å². The number of hydrogen-bond acceptors (Lipinski definition) is 4. The number of amides is 1. The third kappa shape index (κ3) is 4.93. The lowest BCUT2D eigenvalue weighted by molar-refractivity contribution is -0.123. The second kappa shape index (κ2) is 8.29. The molecule has 1 amide bonds. The van der Waals surface area contributed by atoms with E-state index in [4.69, 9.17) is 5.73 Å². The number of thioether (sulfide) groups is 1. The minimum absolute atomic E-state index is 0.0102. The second-order valence-corrected chi connectivity index (χ2v) is 6.50. The van der Waals surface area contributed by atoms with E-state index in [1.807, 2.05) is 12.3 Å². The third-order valence-electron chi connectivity index (χ3n) is 3.86. The Bertz CT molecular complexity index is 440. The Labute approximate surface area is 131 Å². The molecule has 1 saturated heterocycles. The van der Waals surface area contributed by atoms with Gasteiger partial charge in [-0.25, -0.2) is 0 Å². The Morgan fingerprint density at radius 2 is 2.24 bits per heavy atom. The van der Waals surface area contributed by atoms with Gasteiger partial charge >= 0.3 is 0 Å². The highest BCUT2D eigenvalue weighted by Crippen LogP contribution is 2.19. The van der Waals surface area contributed by atoms with Crippen molar-refractivity contribution < 1.29 is 4.79 Å². The summed E-state index contributed by atoms with van der Waals surface area (Å²) in [6.45, 7) is 1.92. The number of para-hydroxylation sites is 1. The van der Waals surface area contributed by atoms with Gasteiger partial charge in [0.2, 0.25) is 5.91 Å². The first-order chi connectivity index (χ1) is 10.2. The molecule has 1 heterocycles. The number of nitrogens with two attached hydrogens (primary N) is 1. The molecule has 0 radical (unpaired) electrons. The lowest BCUT2D eigenvalue weighted by atomic mass is 10.0. The van der Waals surface area contributed by atoms with Crippen LogP contribution in [0, 0.1) is 0 Å². The van der Waals surface area contributed by atoms with Crippen molar-refractivity contribution >= 4 is 23.4 Å². The molecule has 1 aliphatic heterocycles. The molecule has 0 saturated carbocycles. The van der Waals surface area contributed by atoms with Crippen molar-refractivity contribution in [2.75, 3.05) is 30.0 Å². The van der Waals surface area contributed by atoms with Crippen molar-refractivity contribution in [3.8, 4) is 0 Å². The van der Waals surface area contributed by atoms with Crippen LogP contribution >= 0.6 is 11.8 Å². The number of benzene rings is 1. The maximum Gasteiger partial charge on any atom is 0.237 e. The minimum atomic E-state index is -0.385. The quantitative estimate of drug-likeness (QED) is 0.842. The van der Waals surface area contributed by atoms with Gasteiger partial charge in [0.25, 0.3) is 0 Å². The lowest BCUT2D eigenvalue weighted by Gasteiger charge is -2.35. The van der Waals surface area contributed by atoms with Gasteiger partial charge in [0.1, 0.15) is 0 Å². The topological polar surface area (TPSA) is 58.4 Å². The Kier molecular flexibility index (Phi) is 6.39. The first kappa shape index (κ1) is 16.2. The number of carbonyl (C=O) groups excluding carboxylic acids is 1. The summed E-state index contributed by atoms with van der Waals surface area (Å²) >= 11 is 1.72. The average molecular weight is 307 g/mol. The molecule has 0 spiro atoms. The molecular weight excluding hydrogens is 282 g/mol. The molecule has 4 nitrogen and oxygen atoms in total. The minimum Gasteiger partial charge on any atom is -0.369 e. The highest BCUT2D eigenvalue weighted by molar-refractivity contribution is 7.98. The predicted octanol–water partition coefficient (Wildman–Crippen LogP) is 1.85. The molecule has 1 aromatic rings. The lowest BCUT2D eigenvalue weighted by Crippen LogP contribution is -2.52. The van der Waals surface area contributed by atoms with E-state index in [0.717, 1.165) is 38.1 Å². The number of rotatable bonds is 6. The number of hydrogen-bond donors (Lipinski definition) is 2. The fourth-order valence-corrected chi connectivity index (χ4v) is 3.14. The van der Waals surface area contributed by atoms with Gasteiger partial charge in [-0.2, -0.15) is 11.8 Å². The van der Waals surface area contributed by atoms with Gasteiger partial charge in [-0.05, 0) is 43.4 Å². The van der Waals surface area contributed by atoms with Crippen LogP contribution in [0.5, 0.6) is 0 Å². The van der Waals surface area contributed by atoms with Crippen LogP contribution in [0.3, 0.4) is 0 Å². The largest absolute Gasteiger partial charge is 0.369 e.